The summed E-state index contributed by atoms with van der Waals surface area (Å²) in [5, 5.41) is 0.659. The van der Waals surface area contributed by atoms with Crippen LogP contribution >= 0.6 is 0 Å². The second kappa shape index (κ2) is 15.4. The Kier molecular flexibility index (Phi) is 12.5. The molecule has 0 atom stereocenters. The molecule has 5 nitrogen and oxygen atoms in total. The van der Waals surface area contributed by atoms with E-state index in [1.165, 1.54) is 38.5 Å². The van der Waals surface area contributed by atoms with Crippen molar-refractivity contribution in [3.05, 3.63) is 40.8 Å². The van der Waals surface area contributed by atoms with Crippen LogP contribution in [0.25, 0.3) is 11.0 Å². The van der Waals surface area contributed by atoms with Gasteiger partial charge in [0.15, 0.2) is 5.75 Å². The van der Waals surface area contributed by atoms with E-state index in [2.05, 4.69) is 26.0 Å². The molecule has 2 aromatic rings. The van der Waals surface area contributed by atoms with Gasteiger partial charge in [0.1, 0.15) is 16.7 Å². The van der Waals surface area contributed by atoms with Gasteiger partial charge in [0.2, 0.25) is 5.75 Å². The van der Waals surface area contributed by atoms with Crippen molar-refractivity contribution in [1.82, 2.24) is 0 Å². The number of rotatable bonds is 17. The van der Waals surface area contributed by atoms with Crippen LogP contribution in [0.3, 0.4) is 0 Å². The summed E-state index contributed by atoms with van der Waals surface area (Å²) in [5.74, 6) is 1.18. The van der Waals surface area contributed by atoms with Gasteiger partial charge in [-0.3, -0.25) is 0 Å². The van der Waals surface area contributed by atoms with Crippen molar-refractivity contribution in [3.8, 4) is 17.2 Å². The fourth-order valence-electron chi connectivity index (χ4n) is 3.70. The van der Waals surface area contributed by atoms with Gasteiger partial charge in [-0.05, 0) is 45.2 Å². The average Bonchev–Trinajstić information content (AvgIpc) is 2.79. The lowest BCUT2D eigenvalue weighted by Gasteiger charge is -2.17. The zero-order valence-electron chi connectivity index (χ0n) is 21.0. The first kappa shape index (κ1) is 26.8. The summed E-state index contributed by atoms with van der Waals surface area (Å²) in [5.41, 5.74) is -0.0841. The Labute approximate surface area is 199 Å². The number of fused-ring (bicyclic) bond motifs is 1. The largest absolute Gasteiger partial charge is 0.493 e. The van der Waals surface area contributed by atoms with Gasteiger partial charge in [0.25, 0.3) is 0 Å². The third-order valence-electron chi connectivity index (χ3n) is 5.35. The van der Waals surface area contributed by atoms with Crippen LogP contribution in [0.5, 0.6) is 17.2 Å². The van der Waals surface area contributed by atoms with E-state index >= 15 is 0 Å². The Balaban J connectivity index is 2.13. The van der Waals surface area contributed by atoms with Crippen LogP contribution in [-0.2, 0) is 0 Å². The molecular formula is C28H42O5. The average molecular weight is 459 g/mol. The number of hydrogen-bond acceptors (Lipinski definition) is 5. The predicted molar refractivity (Wildman–Crippen MR) is 136 cm³/mol. The summed E-state index contributed by atoms with van der Waals surface area (Å²) in [6.07, 6.45) is 15.7. The molecule has 0 fully saturated rings. The summed E-state index contributed by atoms with van der Waals surface area (Å²) < 4.78 is 23.6. The van der Waals surface area contributed by atoms with Gasteiger partial charge in [0.05, 0.1) is 19.3 Å². The molecule has 0 N–H and O–H groups in total. The predicted octanol–water partition coefficient (Wildman–Crippen LogP) is 7.83. The summed E-state index contributed by atoms with van der Waals surface area (Å²) in [7, 11) is 0. The minimum absolute atomic E-state index is 0.111. The molecule has 0 saturated heterocycles. The molecule has 1 aromatic heterocycles. The zero-order valence-corrected chi connectivity index (χ0v) is 21.0. The highest BCUT2D eigenvalue weighted by atomic mass is 16.5. The molecule has 33 heavy (non-hydrogen) atoms. The highest BCUT2D eigenvalue weighted by molar-refractivity contribution is 5.91. The number of ether oxygens (including phenoxy) is 3. The van der Waals surface area contributed by atoms with Gasteiger partial charge in [-0.2, -0.15) is 0 Å². The molecule has 0 radical (unpaired) electrons. The molecule has 0 unspecified atom stereocenters. The molecule has 0 aliphatic carbocycles. The maximum Gasteiger partial charge on any atom is 0.383 e. The standard InChI is InChI=1S/C28H42O5/c1-5-7-9-11-12-13-14-16-20-30-23-18-17-19-24-25(23)26(31-21-15-10-8-6-2)27(28(29)33-24)32-22(3)4/h8,10,17-19,22H,5-7,9,11-16,20-21H2,1-4H3. The fraction of sp³-hybridized carbons (Fsp3) is 0.607. The second-order valence-electron chi connectivity index (χ2n) is 8.68. The molecule has 0 saturated carbocycles. The van der Waals surface area contributed by atoms with Crippen molar-refractivity contribution in [2.24, 2.45) is 0 Å². The van der Waals surface area contributed by atoms with E-state index in [0.29, 0.717) is 35.7 Å². The number of hydrogen-bond donors (Lipinski definition) is 0. The maximum absolute atomic E-state index is 12.6. The van der Waals surface area contributed by atoms with E-state index in [-0.39, 0.29) is 11.9 Å². The maximum atomic E-state index is 12.6. The van der Waals surface area contributed by atoms with Crippen LogP contribution < -0.4 is 19.8 Å². The van der Waals surface area contributed by atoms with Crippen molar-refractivity contribution >= 4 is 11.0 Å². The van der Waals surface area contributed by atoms with Gasteiger partial charge in [-0.25, -0.2) is 4.79 Å². The Morgan fingerprint density at radius 1 is 0.879 bits per heavy atom. The molecule has 0 amide bonds. The Bertz CT molecular complexity index is 897. The topological polar surface area (TPSA) is 57.9 Å². The van der Waals surface area contributed by atoms with Gasteiger partial charge < -0.3 is 18.6 Å². The van der Waals surface area contributed by atoms with E-state index in [0.717, 1.165) is 25.7 Å². The first-order valence-electron chi connectivity index (χ1n) is 12.8. The molecule has 5 heteroatoms. The molecule has 0 bridgehead atoms. The highest BCUT2D eigenvalue weighted by Crippen LogP contribution is 2.39. The third kappa shape index (κ3) is 9.15. The lowest BCUT2D eigenvalue weighted by molar-refractivity contribution is 0.212. The third-order valence-corrected chi connectivity index (χ3v) is 5.35. The molecule has 1 aromatic carbocycles. The quantitative estimate of drug-likeness (QED) is 0.137. The van der Waals surface area contributed by atoms with Gasteiger partial charge in [0, 0.05) is 0 Å². The number of benzene rings is 1. The lowest BCUT2D eigenvalue weighted by Crippen LogP contribution is -2.15. The number of allylic oxidation sites excluding steroid dienone is 1. The van der Waals surface area contributed by atoms with Crippen LogP contribution in [0.2, 0.25) is 0 Å². The van der Waals surface area contributed by atoms with Gasteiger partial charge in [-0.1, -0.05) is 77.0 Å². The number of unbranched alkanes of at least 4 members (excludes halogenated alkanes) is 7. The van der Waals surface area contributed by atoms with Crippen molar-refractivity contribution in [2.75, 3.05) is 13.2 Å². The van der Waals surface area contributed by atoms with E-state index in [1.807, 2.05) is 26.0 Å². The first-order chi connectivity index (χ1) is 16.1. The van der Waals surface area contributed by atoms with Gasteiger partial charge >= 0.3 is 5.63 Å². The van der Waals surface area contributed by atoms with E-state index in [1.54, 1.807) is 6.07 Å². The van der Waals surface area contributed by atoms with E-state index < -0.39 is 5.63 Å². The molecule has 0 aliphatic rings. The summed E-state index contributed by atoms with van der Waals surface area (Å²) in [4.78, 5) is 12.6. The molecule has 0 spiro atoms. The van der Waals surface area contributed by atoms with Crippen molar-refractivity contribution < 1.29 is 18.6 Å². The summed E-state index contributed by atoms with van der Waals surface area (Å²) in [6.45, 7) is 9.15. The fourth-order valence-corrected chi connectivity index (χ4v) is 3.70. The Morgan fingerprint density at radius 3 is 2.30 bits per heavy atom. The van der Waals surface area contributed by atoms with Crippen LogP contribution in [0, 0.1) is 0 Å². The normalized spacial score (nSPS) is 11.5. The van der Waals surface area contributed by atoms with Crippen molar-refractivity contribution in [3.63, 3.8) is 0 Å². The minimum Gasteiger partial charge on any atom is -0.493 e. The van der Waals surface area contributed by atoms with Crippen molar-refractivity contribution in [1.29, 1.82) is 0 Å². The first-order valence-corrected chi connectivity index (χ1v) is 12.8. The van der Waals surface area contributed by atoms with Gasteiger partial charge in [-0.15, -0.1) is 0 Å². The summed E-state index contributed by atoms with van der Waals surface area (Å²) in [6, 6.07) is 5.50. The van der Waals surface area contributed by atoms with Crippen LogP contribution in [0.4, 0.5) is 0 Å². The Morgan fingerprint density at radius 2 is 1.61 bits per heavy atom. The molecule has 2 rings (SSSR count). The van der Waals surface area contributed by atoms with E-state index in [4.69, 9.17) is 18.6 Å². The summed E-state index contributed by atoms with van der Waals surface area (Å²) >= 11 is 0. The molecule has 0 aliphatic heterocycles. The zero-order chi connectivity index (χ0) is 23.9. The Hall–Kier alpha value is -2.43. The molecule has 1 heterocycles. The second-order valence-corrected chi connectivity index (χ2v) is 8.68. The van der Waals surface area contributed by atoms with E-state index in [9.17, 15) is 4.79 Å². The van der Waals surface area contributed by atoms with Crippen LogP contribution in [0.15, 0.2) is 39.6 Å². The lowest BCUT2D eigenvalue weighted by atomic mass is 10.1. The highest BCUT2D eigenvalue weighted by Gasteiger charge is 2.22. The minimum atomic E-state index is -0.532. The van der Waals surface area contributed by atoms with Crippen LogP contribution in [-0.4, -0.2) is 19.3 Å². The molecular weight excluding hydrogens is 416 g/mol. The molecule has 184 valence electrons. The monoisotopic (exact) mass is 458 g/mol. The SMILES string of the molecule is CCC=CCCOc1c(OC(C)C)c(=O)oc2cccc(OCCCCCCCCCC)c12. The van der Waals surface area contributed by atoms with Crippen LogP contribution in [0.1, 0.15) is 91.9 Å². The van der Waals surface area contributed by atoms with Crippen molar-refractivity contribution in [2.45, 2.75) is 98.0 Å². The smallest absolute Gasteiger partial charge is 0.383 e.